The van der Waals surface area contributed by atoms with Crippen LogP contribution in [0.25, 0.3) is 11.4 Å². The van der Waals surface area contributed by atoms with E-state index in [0.717, 1.165) is 5.56 Å². The molecule has 7 heteroatoms. The van der Waals surface area contributed by atoms with Gasteiger partial charge in [0.05, 0.1) is 27.4 Å². The van der Waals surface area contributed by atoms with E-state index < -0.39 is 0 Å². The Bertz CT molecular complexity index is 527. The number of aromatic nitrogens is 4. The highest BCUT2D eigenvalue weighted by Gasteiger charge is 2.11. The van der Waals surface area contributed by atoms with Crippen molar-refractivity contribution in [1.82, 2.24) is 20.2 Å². The lowest BCUT2D eigenvalue weighted by Crippen LogP contribution is -2.06. The number of benzene rings is 1. The average Bonchev–Trinajstić information content (AvgIpc) is 2.86. The molecule has 0 unspecified atom stereocenters. The molecule has 0 radical (unpaired) electrons. The Balaban J connectivity index is 2.41. The van der Waals surface area contributed by atoms with Crippen molar-refractivity contribution in [1.29, 1.82) is 0 Å². The first-order chi connectivity index (χ1) is 8.80. The van der Waals surface area contributed by atoms with Crippen molar-refractivity contribution in [3.05, 3.63) is 18.2 Å². The minimum Gasteiger partial charge on any atom is -0.493 e. The number of aliphatic hydroxyl groups excluding tert-OH is 1. The number of methoxy groups -OCH3 is 2. The van der Waals surface area contributed by atoms with Crippen LogP contribution in [0.5, 0.6) is 11.5 Å². The van der Waals surface area contributed by atoms with Gasteiger partial charge in [-0.15, -0.1) is 5.10 Å². The number of ether oxygens (including phenoxy) is 2. The van der Waals surface area contributed by atoms with Crippen LogP contribution in [0.2, 0.25) is 0 Å². The molecule has 0 aliphatic heterocycles. The topological polar surface area (TPSA) is 82.3 Å². The summed E-state index contributed by atoms with van der Waals surface area (Å²) in [6.07, 6.45) is 0. The third-order valence-corrected chi connectivity index (χ3v) is 2.49. The lowest BCUT2D eigenvalue weighted by molar-refractivity contribution is 0.269. The van der Waals surface area contributed by atoms with Gasteiger partial charge in [0.2, 0.25) is 0 Å². The molecule has 1 N–H and O–H groups in total. The zero-order valence-electron chi connectivity index (χ0n) is 10.2. The van der Waals surface area contributed by atoms with Gasteiger partial charge in [-0.25, -0.2) is 4.68 Å². The molecule has 2 aromatic rings. The Morgan fingerprint density at radius 1 is 1.22 bits per heavy atom. The number of hydrogen-bond acceptors (Lipinski definition) is 6. The normalized spacial score (nSPS) is 10.4. The van der Waals surface area contributed by atoms with Crippen LogP contribution in [-0.4, -0.2) is 46.1 Å². The third kappa shape index (κ3) is 2.25. The second-order valence-corrected chi connectivity index (χ2v) is 3.52. The van der Waals surface area contributed by atoms with Crippen LogP contribution in [0.3, 0.4) is 0 Å². The lowest BCUT2D eigenvalue weighted by atomic mass is 10.2. The van der Waals surface area contributed by atoms with Gasteiger partial charge in [0.1, 0.15) is 0 Å². The molecular weight excluding hydrogens is 236 g/mol. The van der Waals surface area contributed by atoms with E-state index in [2.05, 4.69) is 15.5 Å². The van der Waals surface area contributed by atoms with Crippen molar-refractivity contribution >= 4 is 0 Å². The maximum atomic E-state index is 8.93. The van der Waals surface area contributed by atoms with Crippen molar-refractivity contribution in [3.63, 3.8) is 0 Å². The summed E-state index contributed by atoms with van der Waals surface area (Å²) in [5.41, 5.74) is 0.797. The highest BCUT2D eigenvalue weighted by Crippen LogP contribution is 2.31. The average molecular weight is 250 g/mol. The maximum absolute atomic E-state index is 8.93. The number of tetrazole rings is 1. The van der Waals surface area contributed by atoms with Gasteiger partial charge in [0.25, 0.3) is 0 Å². The van der Waals surface area contributed by atoms with Crippen molar-refractivity contribution in [2.75, 3.05) is 20.8 Å². The van der Waals surface area contributed by atoms with Crippen molar-refractivity contribution in [2.45, 2.75) is 6.54 Å². The minimum atomic E-state index is -0.0225. The molecule has 0 saturated heterocycles. The summed E-state index contributed by atoms with van der Waals surface area (Å²) < 4.78 is 11.9. The third-order valence-electron chi connectivity index (χ3n) is 2.49. The maximum Gasteiger partial charge on any atom is 0.182 e. The first kappa shape index (κ1) is 12.3. The van der Waals surface area contributed by atoms with Crippen LogP contribution < -0.4 is 9.47 Å². The summed E-state index contributed by atoms with van der Waals surface area (Å²) in [6, 6.07) is 5.41. The monoisotopic (exact) mass is 250 g/mol. The predicted octanol–water partition coefficient (Wildman–Crippen LogP) is 0.350. The molecule has 18 heavy (non-hydrogen) atoms. The van der Waals surface area contributed by atoms with Gasteiger partial charge in [-0.05, 0) is 28.6 Å². The van der Waals surface area contributed by atoms with E-state index in [1.807, 2.05) is 6.07 Å². The standard InChI is InChI=1S/C11H14N4O3/c1-17-9-4-3-8(7-10(9)18-2)11-12-13-14-15(11)5-6-16/h3-4,7,16H,5-6H2,1-2H3. The molecule has 0 aliphatic carbocycles. The molecule has 96 valence electrons. The summed E-state index contributed by atoms with van der Waals surface area (Å²) in [5.74, 6) is 1.82. The Morgan fingerprint density at radius 3 is 2.67 bits per heavy atom. The summed E-state index contributed by atoms with van der Waals surface area (Å²) in [7, 11) is 3.14. The van der Waals surface area contributed by atoms with Crippen LogP contribution >= 0.6 is 0 Å². The van der Waals surface area contributed by atoms with Crippen LogP contribution in [-0.2, 0) is 6.54 Å². The number of rotatable bonds is 5. The quantitative estimate of drug-likeness (QED) is 0.824. The fraction of sp³-hybridized carbons (Fsp3) is 0.364. The second-order valence-electron chi connectivity index (χ2n) is 3.52. The van der Waals surface area contributed by atoms with E-state index in [4.69, 9.17) is 14.6 Å². The van der Waals surface area contributed by atoms with Crippen LogP contribution in [0.1, 0.15) is 0 Å². The van der Waals surface area contributed by atoms with Gasteiger partial charge in [-0.2, -0.15) is 0 Å². The number of aliphatic hydroxyl groups is 1. The van der Waals surface area contributed by atoms with E-state index in [0.29, 0.717) is 23.9 Å². The van der Waals surface area contributed by atoms with Gasteiger partial charge in [-0.1, -0.05) is 0 Å². The number of hydrogen-bond donors (Lipinski definition) is 1. The molecule has 1 aromatic carbocycles. The van der Waals surface area contributed by atoms with Crippen LogP contribution in [0, 0.1) is 0 Å². The van der Waals surface area contributed by atoms with Gasteiger partial charge < -0.3 is 14.6 Å². The van der Waals surface area contributed by atoms with E-state index in [-0.39, 0.29) is 6.61 Å². The molecule has 0 aliphatic rings. The van der Waals surface area contributed by atoms with E-state index >= 15 is 0 Å². The Labute approximate surface area is 104 Å². The largest absolute Gasteiger partial charge is 0.493 e. The zero-order chi connectivity index (χ0) is 13.0. The molecule has 1 aromatic heterocycles. The smallest absolute Gasteiger partial charge is 0.182 e. The van der Waals surface area contributed by atoms with E-state index in [1.165, 1.54) is 4.68 Å². The summed E-state index contributed by atoms with van der Waals surface area (Å²) >= 11 is 0. The van der Waals surface area contributed by atoms with E-state index in [9.17, 15) is 0 Å². The van der Waals surface area contributed by atoms with Crippen molar-refractivity contribution in [2.24, 2.45) is 0 Å². The first-order valence-corrected chi connectivity index (χ1v) is 5.39. The SMILES string of the molecule is COc1ccc(-c2nnnn2CCO)cc1OC. The van der Waals surface area contributed by atoms with Crippen LogP contribution in [0.4, 0.5) is 0 Å². The predicted molar refractivity (Wildman–Crippen MR) is 63.4 cm³/mol. The van der Waals surface area contributed by atoms with Gasteiger partial charge in [-0.3, -0.25) is 0 Å². The fourth-order valence-electron chi connectivity index (χ4n) is 1.63. The molecule has 0 fully saturated rings. The van der Waals surface area contributed by atoms with Crippen LogP contribution in [0.15, 0.2) is 18.2 Å². The first-order valence-electron chi connectivity index (χ1n) is 5.39. The molecular formula is C11H14N4O3. The highest BCUT2D eigenvalue weighted by molar-refractivity contribution is 5.60. The minimum absolute atomic E-state index is 0.0225. The Hall–Kier alpha value is -2.15. The summed E-state index contributed by atoms with van der Waals surface area (Å²) in [6.45, 7) is 0.321. The molecule has 0 amide bonds. The van der Waals surface area contributed by atoms with Gasteiger partial charge in [0, 0.05) is 5.56 Å². The van der Waals surface area contributed by atoms with Crippen molar-refractivity contribution < 1.29 is 14.6 Å². The summed E-state index contributed by atoms with van der Waals surface area (Å²) in [5, 5.41) is 20.3. The van der Waals surface area contributed by atoms with Gasteiger partial charge in [0.15, 0.2) is 17.3 Å². The van der Waals surface area contributed by atoms with Crippen molar-refractivity contribution in [3.8, 4) is 22.9 Å². The summed E-state index contributed by atoms with van der Waals surface area (Å²) in [4.78, 5) is 0. The molecule has 1 heterocycles. The molecule has 0 saturated carbocycles. The molecule has 0 bridgehead atoms. The fourth-order valence-corrected chi connectivity index (χ4v) is 1.63. The molecule has 0 atom stereocenters. The lowest BCUT2D eigenvalue weighted by Gasteiger charge is -2.09. The molecule has 7 nitrogen and oxygen atoms in total. The Kier molecular flexibility index (Phi) is 3.73. The highest BCUT2D eigenvalue weighted by atomic mass is 16.5. The zero-order valence-corrected chi connectivity index (χ0v) is 10.2. The second kappa shape index (κ2) is 5.46. The van der Waals surface area contributed by atoms with E-state index in [1.54, 1.807) is 26.4 Å². The number of nitrogens with zero attached hydrogens (tertiary/aromatic N) is 4. The molecule has 0 spiro atoms. The molecule has 2 rings (SSSR count). The van der Waals surface area contributed by atoms with Gasteiger partial charge >= 0.3 is 0 Å². The Morgan fingerprint density at radius 2 is 2.00 bits per heavy atom.